The number of carbonyl (C=O) groups excluding carboxylic acids is 1. The summed E-state index contributed by atoms with van der Waals surface area (Å²) in [5.74, 6) is 0.176. The van der Waals surface area contributed by atoms with Gasteiger partial charge in [0.15, 0.2) is 0 Å². The van der Waals surface area contributed by atoms with Gasteiger partial charge in [-0.15, -0.1) is 0 Å². The molecule has 0 saturated carbocycles. The second kappa shape index (κ2) is 5.36. The van der Waals surface area contributed by atoms with Gasteiger partial charge in [0.2, 0.25) is 6.79 Å². The Kier molecular flexibility index (Phi) is 3.63. The molecule has 18 heavy (non-hydrogen) atoms. The van der Waals surface area contributed by atoms with E-state index in [1.54, 1.807) is 0 Å². The van der Waals surface area contributed by atoms with Crippen molar-refractivity contribution in [1.29, 1.82) is 0 Å². The van der Waals surface area contributed by atoms with E-state index in [0.29, 0.717) is 5.75 Å². The molecule has 0 N–H and O–H groups in total. The van der Waals surface area contributed by atoms with E-state index in [9.17, 15) is 4.79 Å². The Hall–Kier alpha value is -2.29. The second-order valence-corrected chi connectivity index (χ2v) is 3.94. The number of fused-ring (bicyclic) bond motifs is 1. The highest BCUT2D eigenvalue weighted by atomic mass is 16.7. The van der Waals surface area contributed by atoms with Gasteiger partial charge in [-0.2, -0.15) is 0 Å². The molecule has 0 atom stereocenters. The summed E-state index contributed by atoms with van der Waals surface area (Å²) in [4.78, 5) is 10.8. The lowest BCUT2D eigenvalue weighted by atomic mass is 10.1. The highest BCUT2D eigenvalue weighted by molar-refractivity contribution is 5.84. The molecule has 0 unspecified atom stereocenters. The van der Waals surface area contributed by atoms with Crippen LogP contribution in [0.3, 0.4) is 0 Å². The number of hydrogen-bond acceptors (Lipinski definition) is 3. The quantitative estimate of drug-likeness (QED) is 0.469. The minimum Gasteiger partial charge on any atom is -0.457 e. The zero-order valence-electron chi connectivity index (χ0n) is 10.2. The fraction of sp³-hybridized carbons (Fsp3) is 0.133. The molecule has 0 aromatic heterocycles. The monoisotopic (exact) mass is 242 g/mol. The zero-order valence-corrected chi connectivity index (χ0v) is 10.2. The van der Waals surface area contributed by atoms with Crippen molar-refractivity contribution in [1.82, 2.24) is 0 Å². The molecule has 0 fully saturated rings. The first-order valence-corrected chi connectivity index (χ1v) is 5.61. The number of rotatable bonds is 4. The first-order chi connectivity index (χ1) is 8.69. The van der Waals surface area contributed by atoms with Gasteiger partial charge in [-0.1, -0.05) is 36.4 Å². The summed E-state index contributed by atoms with van der Waals surface area (Å²) in [7, 11) is 0. The molecule has 0 saturated heterocycles. The van der Waals surface area contributed by atoms with Gasteiger partial charge < -0.3 is 9.47 Å². The molecule has 2 aromatic carbocycles. The predicted molar refractivity (Wildman–Crippen MR) is 70.5 cm³/mol. The van der Waals surface area contributed by atoms with Gasteiger partial charge in [-0.25, -0.2) is 4.79 Å². The van der Waals surface area contributed by atoms with Crippen molar-refractivity contribution in [3.63, 3.8) is 0 Å². The maximum absolute atomic E-state index is 10.8. The van der Waals surface area contributed by atoms with Gasteiger partial charge in [0.05, 0.1) is 0 Å². The van der Waals surface area contributed by atoms with Gasteiger partial charge in [-0.05, 0) is 29.8 Å². The fourth-order valence-electron chi connectivity index (χ4n) is 1.65. The number of esters is 1. The SMILES string of the molecule is C=CC(=O)OCOc1ccc2cc(C)ccc2c1. The third-order valence-electron chi connectivity index (χ3n) is 2.56. The molecule has 3 nitrogen and oxygen atoms in total. The van der Waals surface area contributed by atoms with Gasteiger partial charge in [0, 0.05) is 6.08 Å². The van der Waals surface area contributed by atoms with E-state index >= 15 is 0 Å². The molecule has 92 valence electrons. The van der Waals surface area contributed by atoms with Gasteiger partial charge in [-0.3, -0.25) is 0 Å². The van der Waals surface area contributed by atoms with Crippen LogP contribution in [-0.4, -0.2) is 12.8 Å². The Morgan fingerprint density at radius 1 is 1.22 bits per heavy atom. The first kappa shape index (κ1) is 12.2. The van der Waals surface area contributed by atoms with Gasteiger partial charge in [0.25, 0.3) is 0 Å². The summed E-state index contributed by atoms with van der Waals surface area (Å²) in [6, 6.07) is 11.9. The number of ether oxygens (including phenoxy) is 2. The first-order valence-electron chi connectivity index (χ1n) is 5.61. The minimum atomic E-state index is -0.494. The maximum Gasteiger partial charge on any atom is 0.333 e. The summed E-state index contributed by atoms with van der Waals surface area (Å²) < 4.78 is 10.1. The molecule has 0 spiro atoms. The third kappa shape index (κ3) is 2.88. The largest absolute Gasteiger partial charge is 0.457 e. The Morgan fingerprint density at radius 2 is 1.94 bits per heavy atom. The summed E-state index contributed by atoms with van der Waals surface area (Å²) in [5.41, 5.74) is 1.22. The van der Waals surface area contributed by atoms with E-state index < -0.39 is 5.97 Å². The van der Waals surface area contributed by atoms with Crippen molar-refractivity contribution in [2.45, 2.75) is 6.92 Å². The van der Waals surface area contributed by atoms with E-state index in [1.807, 2.05) is 30.3 Å². The Labute approximate surface area is 106 Å². The van der Waals surface area contributed by atoms with Crippen LogP contribution in [-0.2, 0) is 9.53 Å². The number of carbonyl (C=O) groups is 1. The fourth-order valence-corrected chi connectivity index (χ4v) is 1.65. The molecular weight excluding hydrogens is 228 g/mol. The predicted octanol–water partition coefficient (Wildman–Crippen LogP) is 3.21. The number of benzene rings is 2. The average Bonchev–Trinajstić information content (AvgIpc) is 2.38. The molecule has 0 amide bonds. The van der Waals surface area contributed by atoms with Crippen LogP contribution in [0.25, 0.3) is 10.8 Å². The normalized spacial score (nSPS) is 10.1. The van der Waals surface area contributed by atoms with Crippen LogP contribution in [0, 0.1) is 6.92 Å². The summed E-state index contributed by atoms with van der Waals surface area (Å²) >= 11 is 0. The molecule has 2 aromatic rings. The molecule has 0 aliphatic carbocycles. The molecule has 0 aliphatic rings. The van der Waals surface area contributed by atoms with E-state index in [2.05, 4.69) is 19.6 Å². The van der Waals surface area contributed by atoms with Crippen molar-refractivity contribution in [2.24, 2.45) is 0 Å². The van der Waals surface area contributed by atoms with Crippen LogP contribution in [0.15, 0.2) is 49.1 Å². The van der Waals surface area contributed by atoms with Crippen molar-refractivity contribution in [3.8, 4) is 5.75 Å². The standard InChI is InChI=1S/C15H14O3/c1-3-15(16)18-10-17-14-7-6-12-8-11(2)4-5-13(12)9-14/h3-9H,1,10H2,2H3. The third-order valence-corrected chi connectivity index (χ3v) is 2.56. The number of aryl methyl sites for hydroxylation is 1. The van der Waals surface area contributed by atoms with Crippen molar-refractivity contribution < 1.29 is 14.3 Å². The van der Waals surface area contributed by atoms with E-state index in [1.165, 1.54) is 5.56 Å². The Bertz CT molecular complexity index is 587. The van der Waals surface area contributed by atoms with Gasteiger partial charge >= 0.3 is 5.97 Å². The number of hydrogen-bond donors (Lipinski definition) is 0. The molecule has 0 radical (unpaired) electrons. The van der Waals surface area contributed by atoms with Crippen molar-refractivity contribution >= 4 is 16.7 Å². The van der Waals surface area contributed by atoms with Crippen LogP contribution in [0.4, 0.5) is 0 Å². The van der Waals surface area contributed by atoms with Gasteiger partial charge in [0.1, 0.15) is 5.75 Å². The molecule has 0 heterocycles. The molecule has 0 aliphatic heterocycles. The van der Waals surface area contributed by atoms with Crippen LogP contribution < -0.4 is 4.74 Å². The maximum atomic E-state index is 10.8. The lowest BCUT2D eigenvalue weighted by molar-refractivity contribution is -0.144. The minimum absolute atomic E-state index is 0.109. The second-order valence-electron chi connectivity index (χ2n) is 3.94. The molecule has 3 heteroatoms. The van der Waals surface area contributed by atoms with E-state index in [0.717, 1.165) is 16.8 Å². The smallest absolute Gasteiger partial charge is 0.333 e. The highest BCUT2D eigenvalue weighted by Gasteiger charge is 1.99. The highest BCUT2D eigenvalue weighted by Crippen LogP contribution is 2.21. The lowest BCUT2D eigenvalue weighted by Crippen LogP contribution is -2.07. The average molecular weight is 242 g/mol. The van der Waals surface area contributed by atoms with E-state index in [-0.39, 0.29) is 6.79 Å². The summed E-state index contributed by atoms with van der Waals surface area (Å²) in [6.07, 6.45) is 1.10. The topological polar surface area (TPSA) is 35.5 Å². The zero-order chi connectivity index (χ0) is 13.0. The van der Waals surface area contributed by atoms with Crippen LogP contribution in [0.2, 0.25) is 0 Å². The summed E-state index contributed by atoms with van der Waals surface area (Å²) in [5, 5.41) is 2.25. The van der Waals surface area contributed by atoms with Crippen molar-refractivity contribution in [3.05, 3.63) is 54.6 Å². The van der Waals surface area contributed by atoms with E-state index in [4.69, 9.17) is 9.47 Å². The Balaban J connectivity index is 2.08. The summed E-state index contributed by atoms with van der Waals surface area (Å²) in [6.45, 7) is 5.25. The van der Waals surface area contributed by atoms with Crippen LogP contribution in [0.1, 0.15) is 5.56 Å². The van der Waals surface area contributed by atoms with Crippen molar-refractivity contribution in [2.75, 3.05) is 6.79 Å². The Morgan fingerprint density at radius 3 is 2.72 bits per heavy atom. The van der Waals surface area contributed by atoms with Crippen LogP contribution in [0.5, 0.6) is 5.75 Å². The molecule has 2 rings (SSSR count). The molecular formula is C15H14O3. The van der Waals surface area contributed by atoms with Crippen LogP contribution >= 0.6 is 0 Å². The molecule has 0 bridgehead atoms. The lowest BCUT2D eigenvalue weighted by Gasteiger charge is -2.07.